The monoisotopic (exact) mass is 412 g/mol. The second kappa shape index (κ2) is 7.42. The first kappa shape index (κ1) is 18.3. The summed E-state index contributed by atoms with van der Waals surface area (Å²) in [6.07, 6.45) is 0.844. The van der Waals surface area contributed by atoms with Crippen LogP contribution >= 0.6 is 15.9 Å². The van der Waals surface area contributed by atoms with Gasteiger partial charge in [-0.25, -0.2) is 0 Å². The normalized spacial score (nSPS) is 10.9. The Kier molecular flexibility index (Phi) is 5.23. The van der Waals surface area contributed by atoms with E-state index in [1.165, 1.54) is 0 Å². The standard InChI is InChI=1S/C22H21BrO3/c1-13-3-5-20(24)15(7-13)9-17-11-19(23)12-18(22(17)26)10-16-8-14(2)4-6-21(16)25/h3-8,11-12,24-26H,9-10H2,1-2H3. The SMILES string of the molecule is Cc1ccc(O)c(Cc2cc(Br)cc(Cc3cc(C)ccc3O)c2O)c1. The molecule has 3 rings (SSSR count). The van der Waals surface area contributed by atoms with E-state index in [9.17, 15) is 15.3 Å². The molecular weight excluding hydrogens is 392 g/mol. The summed E-state index contributed by atoms with van der Waals surface area (Å²) in [6, 6.07) is 14.6. The Morgan fingerprint density at radius 3 is 1.50 bits per heavy atom. The Morgan fingerprint density at radius 1 is 0.654 bits per heavy atom. The highest BCUT2D eigenvalue weighted by Gasteiger charge is 2.14. The van der Waals surface area contributed by atoms with Crippen LogP contribution in [0.25, 0.3) is 0 Å². The van der Waals surface area contributed by atoms with E-state index in [2.05, 4.69) is 15.9 Å². The Balaban J connectivity index is 1.98. The van der Waals surface area contributed by atoms with Crippen LogP contribution in [0, 0.1) is 13.8 Å². The molecule has 0 heterocycles. The third-order valence-corrected chi connectivity index (χ3v) is 4.92. The van der Waals surface area contributed by atoms with Crippen molar-refractivity contribution in [3.63, 3.8) is 0 Å². The predicted molar refractivity (Wildman–Crippen MR) is 107 cm³/mol. The number of halogens is 1. The second-order valence-corrected chi connectivity index (χ2v) is 7.61. The largest absolute Gasteiger partial charge is 0.508 e. The molecule has 0 aliphatic carbocycles. The van der Waals surface area contributed by atoms with Gasteiger partial charge in [-0.2, -0.15) is 0 Å². The van der Waals surface area contributed by atoms with Crippen molar-refractivity contribution in [1.29, 1.82) is 0 Å². The molecule has 0 bridgehead atoms. The maximum absolute atomic E-state index is 10.8. The summed E-state index contributed by atoms with van der Waals surface area (Å²) in [5, 5.41) is 31.0. The Morgan fingerprint density at radius 2 is 1.08 bits per heavy atom. The first-order chi connectivity index (χ1) is 12.3. The zero-order valence-electron chi connectivity index (χ0n) is 14.8. The molecular formula is C22H21BrO3. The highest BCUT2D eigenvalue weighted by molar-refractivity contribution is 9.10. The molecule has 0 amide bonds. The molecule has 3 aromatic carbocycles. The van der Waals surface area contributed by atoms with E-state index in [0.717, 1.165) is 37.9 Å². The van der Waals surface area contributed by atoms with Crippen molar-refractivity contribution in [2.45, 2.75) is 26.7 Å². The molecule has 3 aromatic rings. The Hall–Kier alpha value is -2.46. The zero-order valence-corrected chi connectivity index (χ0v) is 16.3. The van der Waals surface area contributed by atoms with Gasteiger partial charge < -0.3 is 15.3 Å². The van der Waals surface area contributed by atoms with E-state index >= 15 is 0 Å². The summed E-state index contributed by atoms with van der Waals surface area (Å²) in [6.45, 7) is 3.94. The van der Waals surface area contributed by atoms with Gasteiger partial charge >= 0.3 is 0 Å². The third-order valence-electron chi connectivity index (χ3n) is 4.46. The first-order valence-corrected chi connectivity index (χ1v) is 9.20. The maximum Gasteiger partial charge on any atom is 0.122 e. The molecule has 0 saturated heterocycles. The third kappa shape index (κ3) is 4.02. The van der Waals surface area contributed by atoms with Gasteiger partial charge in [-0.1, -0.05) is 51.3 Å². The number of phenolic OH excluding ortho intramolecular Hbond substituents is 3. The molecule has 0 atom stereocenters. The van der Waals surface area contributed by atoms with Gasteiger partial charge in [-0.3, -0.25) is 0 Å². The van der Waals surface area contributed by atoms with Gasteiger partial charge in [-0.05, 0) is 60.4 Å². The summed E-state index contributed by atoms with van der Waals surface area (Å²) in [7, 11) is 0. The van der Waals surface area contributed by atoms with Crippen molar-refractivity contribution in [2.24, 2.45) is 0 Å². The van der Waals surface area contributed by atoms with E-state index in [4.69, 9.17) is 0 Å². The molecule has 0 saturated carbocycles. The number of hydrogen-bond acceptors (Lipinski definition) is 3. The molecule has 4 heteroatoms. The highest BCUT2D eigenvalue weighted by atomic mass is 79.9. The van der Waals surface area contributed by atoms with Crippen molar-refractivity contribution in [3.05, 3.63) is 86.4 Å². The van der Waals surface area contributed by atoms with Gasteiger partial charge in [0.1, 0.15) is 17.2 Å². The fourth-order valence-electron chi connectivity index (χ4n) is 3.11. The lowest BCUT2D eigenvalue weighted by Gasteiger charge is -2.13. The van der Waals surface area contributed by atoms with Gasteiger partial charge in [0.2, 0.25) is 0 Å². The second-order valence-electron chi connectivity index (χ2n) is 6.69. The summed E-state index contributed by atoms with van der Waals surface area (Å²) >= 11 is 3.50. The van der Waals surface area contributed by atoms with E-state index in [1.807, 2.05) is 50.2 Å². The molecule has 0 radical (unpaired) electrons. The average molecular weight is 413 g/mol. The lowest BCUT2D eigenvalue weighted by atomic mass is 9.96. The quantitative estimate of drug-likeness (QED) is 0.539. The molecule has 3 N–H and O–H groups in total. The average Bonchev–Trinajstić information content (AvgIpc) is 2.58. The molecule has 134 valence electrons. The highest BCUT2D eigenvalue weighted by Crippen LogP contribution is 2.34. The predicted octanol–water partition coefficient (Wildman–Crippen LogP) is 5.36. The van der Waals surface area contributed by atoms with Gasteiger partial charge in [-0.15, -0.1) is 0 Å². The topological polar surface area (TPSA) is 60.7 Å². The number of phenols is 3. The molecule has 0 unspecified atom stereocenters. The van der Waals surface area contributed by atoms with Gasteiger partial charge in [0.15, 0.2) is 0 Å². The lowest BCUT2D eigenvalue weighted by Crippen LogP contribution is -1.97. The number of hydrogen-bond donors (Lipinski definition) is 3. The van der Waals surface area contributed by atoms with Crippen LogP contribution < -0.4 is 0 Å². The van der Waals surface area contributed by atoms with Crippen LogP contribution in [0.5, 0.6) is 17.2 Å². The fourth-order valence-corrected chi connectivity index (χ4v) is 3.66. The number of aryl methyl sites for hydroxylation is 2. The summed E-state index contributed by atoms with van der Waals surface area (Å²) < 4.78 is 0.847. The van der Waals surface area contributed by atoms with Crippen molar-refractivity contribution in [2.75, 3.05) is 0 Å². The molecule has 3 nitrogen and oxygen atoms in total. The Bertz CT molecular complexity index is 889. The van der Waals surface area contributed by atoms with Gasteiger partial charge in [0.05, 0.1) is 0 Å². The van der Waals surface area contributed by atoms with Crippen LogP contribution in [0.3, 0.4) is 0 Å². The fraction of sp³-hybridized carbons (Fsp3) is 0.182. The van der Waals surface area contributed by atoms with Crippen molar-refractivity contribution < 1.29 is 15.3 Å². The van der Waals surface area contributed by atoms with E-state index in [-0.39, 0.29) is 17.2 Å². The van der Waals surface area contributed by atoms with Crippen LogP contribution in [0.1, 0.15) is 33.4 Å². The molecule has 0 aromatic heterocycles. The zero-order chi connectivity index (χ0) is 18.8. The molecule has 0 aliphatic heterocycles. The molecule has 0 aliphatic rings. The number of aromatic hydroxyl groups is 3. The summed E-state index contributed by atoms with van der Waals surface area (Å²) in [5.41, 5.74) is 5.09. The van der Waals surface area contributed by atoms with Crippen LogP contribution in [-0.4, -0.2) is 15.3 Å². The van der Waals surface area contributed by atoms with Crippen LogP contribution in [0.4, 0.5) is 0 Å². The number of benzene rings is 3. The molecule has 0 spiro atoms. The van der Waals surface area contributed by atoms with Crippen molar-refractivity contribution in [3.8, 4) is 17.2 Å². The Labute approximate surface area is 161 Å². The van der Waals surface area contributed by atoms with Gasteiger partial charge in [0.25, 0.3) is 0 Å². The lowest BCUT2D eigenvalue weighted by molar-refractivity contribution is 0.456. The summed E-state index contributed by atoms with van der Waals surface area (Å²) in [5.74, 6) is 0.621. The van der Waals surface area contributed by atoms with E-state index in [1.54, 1.807) is 12.1 Å². The summed E-state index contributed by atoms with van der Waals surface area (Å²) in [4.78, 5) is 0. The number of rotatable bonds is 4. The van der Waals surface area contributed by atoms with Gasteiger partial charge in [0, 0.05) is 17.3 Å². The minimum absolute atomic E-state index is 0.190. The smallest absolute Gasteiger partial charge is 0.122 e. The van der Waals surface area contributed by atoms with Crippen molar-refractivity contribution in [1.82, 2.24) is 0 Å². The van der Waals surface area contributed by atoms with Crippen LogP contribution in [0.2, 0.25) is 0 Å². The van der Waals surface area contributed by atoms with E-state index < -0.39 is 0 Å². The van der Waals surface area contributed by atoms with Crippen LogP contribution in [-0.2, 0) is 12.8 Å². The van der Waals surface area contributed by atoms with Crippen LogP contribution in [0.15, 0.2) is 53.0 Å². The van der Waals surface area contributed by atoms with E-state index in [0.29, 0.717) is 12.8 Å². The maximum atomic E-state index is 10.8. The van der Waals surface area contributed by atoms with Crippen molar-refractivity contribution >= 4 is 15.9 Å². The molecule has 0 fully saturated rings. The minimum Gasteiger partial charge on any atom is -0.508 e. The minimum atomic E-state index is 0.190. The first-order valence-electron chi connectivity index (χ1n) is 8.40. The molecule has 26 heavy (non-hydrogen) atoms.